The summed E-state index contributed by atoms with van der Waals surface area (Å²) in [5, 5.41) is 14.8. The minimum atomic E-state index is -0.421. The van der Waals surface area contributed by atoms with Gasteiger partial charge in [-0.05, 0) is 23.3 Å². The highest BCUT2D eigenvalue weighted by Gasteiger charge is 2.12. The molecular weight excluding hydrogens is 470 g/mol. The summed E-state index contributed by atoms with van der Waals surface area (Å²) < 4.78 is 5.42. The topological polar surface area (TPSA) is 96.2 Å². The molecule has 7 nitrogen and oxygen atoms in total. The number of nitrogens with one attached hydrogen (secondary N) is 2. The highest BCUT2D eigenvalue weighted by atomic mass is 32.1. The molecule has 8 heteroatoms. The number of hydrogen-bond donors (Lipinski definition) is 2. The Morgan fingerprint density at radius 3 is 2.53 bits per heavy atom. The number of para-hydroxylation sites is 1. The van der Waals surface area contributed by atoms with Gasteiger partial charge in [0.2, 0.25) is 5.13 Å². The molecule has 0 radical (unpaired) electrons. The van der Waals surface area contributed by atoms with E-state index in [0.29, 0.717) is 22.0 Å². The number of aromatic amines is 1. The third-order valence-corrected chi connectivity index (χ3v) is 6.48. The highest BCUT2D eigenvalue weighted by molar-refractivity contribution is 7.14. The summed E-state index contributed by atoms with van der Waals surface area (Å²) in [5.74, 6) is 0. The van der Waals surface area contributed by atoms with E-state index in [-0.39, 0.29) is 0 Å². The van der Waals surface area contributed by atoms with Gasteiger partial charge in [-0.2, -0.15) is 10.2 Å². The molecule has 6 rings (SSSR count). The molecule has 36 heavy (non-hydrogen) atoms. The van der Waals surface area contributed by atoms with Gasteiger partial charge in [-0.15, -0.1) is 11.3 Å². The average molecular weight is 490 g/mol. The molecule has 0 saturated heterocycles. The van der Waals surface area contributed by atoms with Crippen LogP contribution in [0.2, 0.25) is 0 Å². The first kappa shape index (κ1) is 21.7. The van der Waals surface area contributed by atoms with Crippen molar-refractivity contribution in [3.63, 3.8) is 0 Å². The Morgan fingerprint density at radius 2 is 1.67 bits per heavy atom. The fourth-order valence-corrected chi connectivity index (χ4v) is 4.59. The van der Waals surface area contributed by atoms with Gasteiger partial charge < -0.3 is 4.42 Å². The molecule has 0 unspecified atom stereocenters. The summed E-state index contributed by atoms with van der Waals surface area (Å²) in [7, 11) is 0. The minimum absolute atomic E-state index is 0.415. The quantitative estimate of drug-likeness (QED) is 0.160. The first-order chi connectivity index (χ1) is 17.7. The van der Waals surface area contributed by atoms with E-state index in [2.05, 4.69) is 62.1 Å². The van der Waals surface area contributed by atoms with Gasteiger partial charge in [0.1, 0.15) is 5.58 Å². The molecule has 0 spiro atoms. The number of anilines is 1. The second-order valence-corrected chi connectivity index (χ2v) is 8.90. The SMILES string of the molecule is O=c1oc2ccccc2cc1-c1csc(N/N=C/c2cn[nH]c2-c2ccc(-c3ccccc3)cc2)n1. The Morgan fingerprint density at radius 1 is 0.917 bits per heavy atom. The van der Waals surface area contributed by atoms with Gasteiger partial charge in [0, 0.05) is 21.9 Å². The van der Waals surface area contributed by atoms with Crippen molar-refractivity contribution in [2.75, 3.05) is 5.43 Å². The molecule has 3 aromatic heterocycles. The van der Waals surface area contributed by atoms with Crippen LogP contribution < -0.4 is 11.1 Å². The second kappa shape index (κ2) is 9.44. The van der Waals surface area contributed by atoms with Crippen LogP contribution in [0.4, 0.5) is 5.13 Å². The molecule has 0 atom stereocenters. The van der Waals surface area contributed by atoms with Gasteiger partial charge in [0.15, 0.2) is 0 Å². The van der Waals surface area contributed by atoms with Gasteiger partial charge in [-0.3, -0.25) is 10.5 Å². The fraction of sp³-hybridized carbons (Fsp3) is 0. The molecule has 0 fully saturated rings. The average Bonchev–Trinajstić information content (AvgIpc) is 3.59. The van der Waals surface area contributed by atoms with Crippen molar-refractivity contribution < 1.29 is 4.42 Å². The van der Waals surface area contributed by atoms with Crippen molar-refractivity contribution in [2.24, 2.45) is 5.10 Å². The van der Waals surface area contributed by atoms with Crippen LogP contribution in [0.15, 0.2) is 111 Å². The number of hydrazone groups is 1. The lowest BCUT2D eigenvalue weighted by Crippen LogP contribution is -2.02. The third-order valence-electron chi connectivity index (χ3n) is 5.73. The summed E-state index contributed by atoms with van der Waals surface area (Å²) in [5.41, 5.74) is 9.06. The van der Waals surface area contributed by atoms with E-state index >= 15 is 0 Å². The molecular formula is C28H19N5O2S. The van der Waals surface area contributed by atoms with E-state index in [1.165, 1.54) is 16.9 Å². The predicted octanol–water partition coefficient (Wildman–Crippen LogP) is 6.42. The molecule has 0 bridgehead atoms. The predicted molar refractivity (Wildman–Crippen MR) is 144 cm³/mol. The molecule has 174 valence electrons. The van der Waals surface area contributed by atoms with E-state index < -0.39 is 5.63 Å². The van der Waals surface area contributed by atoms with Crippen LogP contribution in [0.3, 0.4) is 0 Å². The number of aromatic nitrogens is 3. The number of nitrogens with zero attached hydrogens (tertiary/aromatic N) is 3. The minimum Gasteiger partial charge on any atom is -0.422 e. The summed E-state index contributed by atoms with van der Waals surface area (Å²) in [6.07, 6.45) is 3.41. The monoisotopic (exact) mass is 489 g/mol. The summed E-state index contributed by atoms with van der Waals surface area (Å²) in [6.45, 7) is 0. The first-order valence-electron chi connectivity index (χ1n) is 11.2. The van der Waals surface area contributed by atoms with Crippen molar-refractivity contribution in [1.82, 2.24) is 15.2 Å². The lowest BCUT2D eigenvalue weighted by molar-refractivity contribution is 0.563. The Bertz CT molecular complexity index is 1730. The fourth-order valence-electron chi connectivity index (χ4n) is 3.93. The maximum atomic E-state index is 12.4. The Hall–Kier alpha value is -4.82. The van der Waals surface area contributed by atoms with Gasteiger partial charge in [0.05, 0.1) is 29.4 Å². The van der Waals surface area contributed by atoms with Gasteiger partial charge in [-0.1, -0.05) is 72.8 Å². The zero-order valence-corrected chi connectivity index (χ0v) is 19.7. The zero-order chi connectivity index (χ0) is 24.3. The van der Waals surface area contributed by atoms with E-state index in [1.807, 2.05) is 36.4 Å². The number of thiazole rings is 1. The van der Waals surface area contributed by atoms with Gasteiger partial charge >= 0.3 is 5.63 Å². The van der Waals surface area contributed by atoms with Crippen LogP contribution >= 0.6 is 11.3 Å². The molecule has 0 aliphatic carbocycles. The Balaban J connectivity index is 1.18. The lowest BCUT2D eigenvalue weighted by atomic mass is 10.0. The normalized spacial score (nSPS) is 11.3. The number of benzene rings is 3. The molecule has 0 aliphatic heterocycles. The van der Waals surface area contributed by atoms with E-state index in [1.54, 1.807) is 29.9 Å². The molecule has 3 heterocycles. The van der Waals surface area contributed by atoms with Crippen LogP contribution in [0.25, 0.3) is 44.6 Å². The van der Waals surface area contributed by atoms with Crippen molar-refractivity contribution in [1.29, 1.82) is 0 Å². The van der Waals surface area contributed by atoms with Crippen LogP contribution in [0.5, 0.6) is 0 Å². The van der Waals surface area contributed by atoms with Crippen molar-refractivity contribution in [3.05, 3.63) is 112 Å². The van der Waals surface area contributed by atoms with E-state index in [4.69, 9.17) is 4.42 Å². The first-order valence-corrected chi connectivity index (χ1v) is 12.1. The van der Waals surface area contributed by atoms with Crippen molar-refractivity contribution in [2.45, 2.75) is 0 Å². The molecule has 0 saturated carbocycles. The molecule has 2 N–H and O–H groups in total. The maximum Gasteiger partial charge on any atom is 0.345 e. The van der Waals surface area contributed by atoms with Gasteiger partial charge in [0.25, 0.3) is 0 Å². The number of hydrogen-bond acceptors (Lipinski definition) is 7. The smallest absolute Gasteiger partial charge is 0.345 e. The van der Waals surface area contributed by atoms with E-state index in [0.717, 1.165) is 27.8 Å². The highest BCUT2D eigenvalue weighted by Crippen LogP contribution is 2.27. The summed E-state index contributed by atoms with van der Waals surface area (Å²) in [4.78, 5) is 16.9. The largest absolute Gasteiger partial charge is 0.422 e. The van der Waals surface area contributed by atoms with Crippen molar-refractivity contribution in [3.8, 4) is 33.6 Å². The number of fused-ring (bicyclic) bond motifs is 1. The summed E-state index contributed by atoms with van der Waals surface area (Å²) in [6, 6.07) is 27.7. The standard InChI is InChI=1S/C28H19N5O2S/c34-27-23(14-21-8-4-5-9-25(21)35-27)24-17-36-28(31-24)33-30-16-22-15-29-32-26(22)20-12-10-19(11-13-20)18-6-2-1-3-7-18/h1-17H,(H,29,32)(H,31,33)/b30-16+. The third kappa shape index (κ3) is 4.33. The zero-order valence-electron chi connectivity index (χ0n) is 18.9. The van der Waals surface area contributed by atoms with Crippen molar-refractivity contribution >= 4 is 33.7 Å². The van der Waals surface area contributed by atoms with Crippen LogP contribution in [0.1, 0.15) is 5.56 Å². The Labute approximate surface area is 209 Å². The molecule has 0 aliphatic rings. The van der Waals surface area contributed by atoms with Crippen LogP contribution in [-0.4, -0.2) is 21.4 Å². The molecule has 0 amide bonds. The van der Waals surface area contributed by atoms with Crippen LogP contribution in [0, 0.1) is 0 Å². The second-order valence-electron chi connectivity index (χ2n) is 8.04. The van der Waals surface area contributed by atoms with E-state index in [9.17, 15) is 4.79 Å². The maximum absolute atomic E-state index is 12.4. The molecule has 6 aromatic rings. The van der Waals surface area contributed by atoms with Gasteiger partial charge in [-0.25, -0.2) is 9.78 Å². The number of rotatable bonds is 6. The van der Waals surface area contributed by atoms with Crippen LogP contribution in [-0.2, 0) is 0 Å². The summed E-state index contributed by atoms with van der Waals surface area (Å²) >= 11 is 1.36. The lowest BCUT2D eigenvalue weighted by Gasteiger charge is -2.04. The molecule has 3 aromatic carbocycles. The Kier molecular flexibility index (Phi) is 5.69. The number of H-pyrrole nitrogens is 1.